The Morgan fingerprint density at radius 2 is 1.43 bits per heavy atom. The van der Waals surface area contributed by atoms with Crippen molar-refractivity contribution in [2.45, 2.75) is 19.3 Å². The van der Waals surface area contributed by atoms with Gasteiger partial charge in [-0.2, -0.15) is 0 Å². The molecule has 1 aliphatic heterocycles. The van der Waals surface area contributed by atoms with Crippen molar-refractivity contribution >= 4 is 0 Å². The smallest absolute Gasteiger partial charge is 0.00489 e. The van der Waals surface area contributed by atoms with E-state index in [1.54, 1.807) is 0 Å². The maximum absolute atomic E-state index is 3.28. The molecule has 1 saturated heterocycles. The van der Waals surface area contributed by atoms with Gasteiger partial charge in [0, 0.05) is 0 Å². The van der Waals surface area contributed by atoms with E-state index in [1.807, 2.05) is 0 Å². The van der Waals surface area contributed by atoms with Gasteiger partial charge in [-0.15, -0.1) is 0 Å². The van der Waals surface area contributed by atoms with Gasteiger partial charge in [-0.25, -0.2) is 0 Å². The Morgan fingerprint density at radius 1 is 0.857 bits per heavy atom. The third-order valence-corrected chi connectivity index (χ3v) is 1.21. The van der Waals surface area contributed by atoms with Crippen LogP contribution in [0.1, 0.15) is 19.3 Å². The molecule has 0 amide bonds. The molecule has 1 N–H and O–H groups in total. The average molecular weight is 121 g/mol. The molecule has 0 radical (unpaired) electrons. The van der Waals surface area contributed by atoms with Crippen LogP contribution in [0.5, 0.6) is 0 Å². The van der Waals surface area contributed by atoms with E-state index in [0.717, 1.165) is 0 Å². The molecular weight excluding hydrogens is 110 g/mol. The van der Waals surface area contributed by atoms with Crippen molar-refractivity contribution < 1.29 is 12.4 Å². The lowest BCUT2D eigenvalue weighted by molar-refractivity contribution is -0.00000134. The van der Waals surface area contributed by atoms with E-state index in [4.69, 9.17) is 0 Å². The maximum Gasteiger partial charge on any atom is -0.00489 e. The zero-order valence-corrected chi connectivity index (χ0v) is 5.17. The first-order chi connectivity index (χ1) is 3.00. The Hall–Kier alpha value is 0.250. The van der Waals surface area contributed by atoms with Gasteiger partial charge in [-0.3, -0.25) is 0 Å². The van der Waals surface area contributed by atoms with Gasteiger partial charge in [0.1, 0.15) is 0 Å². The standard InChI is InChI=1S/C5H11N.ClH/c1-2-4-6-5-3-1;/h6H,1-5H2;1H/p-1. The first-order valence-corrected chi connectivity index (χ1v) is 2.71. The second-order valence-electron chi connectivity index (χ2n) is 1.81. The normalized spacial score (nSPS) is 20.6. The summed E-state index contributed by atoms with van der Waals surface area (Å²) >= 11 is 0. The van der Waals surface area contributed by atoms with E-state index in [1.165, 1.54) is 32.4 Å². The SMILES string of the molecule is C1CCNCC1.[Cl-]. The molecule has 0 aromatic carbocycles. The molecule has 0 bridgehead atoms. The number of hydrogen-bond donors (Lipinski definition) is 1. The van der Waals surface area contributed by atoms with Crippen LogP contribution in [-0.2, 0) is 0 Å². The molecule has 7 heavy (non-hydrogen) atoms. The van der Waals surface area contributed by atoms with Gasteiger partial charge in [0.2, 0.25) is 0 Å². The van der Waals surface area contributed by atoms with Crippen LogP contribution in [0.3, 0.4) is 0 Å². The number of piperidine rings is 1. The van der Waals surface area contributed by atoms with Crippen LogP contribution in [0.2, 0.25) is 0 Å². The fourth-order valence-electron chi connectivity index (χ4n) is 0.802. The fraction of sp³-hybridized carbons (Fsp3) is 1.00. The summed E-state index contributed by atoms with van der Waals surface area (Å²) in [6, 6.07) is 0. The fourth-order valence-corrected chi connectivity index (χ4v) is 0.802. The minimum absolute atomic E-state index is 0. The Morgan fingerprint density at radius 3 is 1.57 bits per heavy atom. The van der Waals surface area contributed by atoms with Gasteiger partial charge in [0.25, 0.3) is 0 Å². The number of halogens is 1. The minimum Gasteiger partial charge on any atom is -1.00 e. The van der Waals surface area contributed by atoms with Gasteiger partial charge in [0.15, 0.2) is 0 Å². The molecule has 0 unspecified atom stereocenters. The Kier molecular flexibility index (Phi) is 4.57. The third-order valence-electron chi connectivity index (χ3n) is 1.21. The lowest BCUT2D eigenvalue weighted by Gasteiger charge is -2.08. The molecule has 44 valence electrons. The predicted molar refractivity (Wildman–Crippen MR) is 26.7 cm³/mol. The summed E-state index contributed by atoms with van der Waals surface area (Å²) in [5, 5.41) is 3.28. The summed E-state index contributed by atoms with van der Waals surface area (Å²) in [6.45, 7) is 2.50. The average Bonchev–Trinajstić information content (AvgIpc) is 1.72. The molecule has 0 atom stereocenters. The van der Waals surface area contributed by atoms with Gasteiger partial charge < -0.3 is 17.7 Å². The van der Waals surface area contributed by atoms with Gasteiger partial charge in [-0.05, 0) is 25.9 Å². The van der Waals surface area contributed by atoms with Crippen molar-refractivity contribution in [2.24, 2.45) is 0 Å². The van der Waals surface area contributed by atoms with Crippen molar-refractivity contribution in [3.63, 3.8) is 0 Å². The second kappa shape index (κ2) is 4.41. The van der Waals surface area contributed by atoms with Gasteiger partial charge in [0.05, 0.1) is 0 Å². The van der Waals surface area contributed by atoms with Crippen molar-refractivity contribution in [3.8, 4) is 0 Å². The Labute approximate surface area is 50.9 Å². The molecule has 0 spiro atoms. The van der Waals surface area contributed by atoms with Gasteiger partial charge >= 0.3 is 0 Å². The number of hydrogen-bond acceptors (Lipinski definition) is 1. The molecule has 0 aromatic heterocycles. The minimum atomic E-state index is 0. The second-order valence-corrected chi connectivity index (χ2v) is 1.81. The van der Waals surface area contributed by atoms with Crippen LogP contribution >= 0.6 is 0 Å². The van der Waals surface area contributed by atoms with Crippen LogP contribution in [0.25, 0.3) is 0 Å². The third kappa shape index (κ3) is 2.89. The summed E-state index contributed by atoms with van der Waals surface area (Å²) in [6.07, 6.45) is 4.22. The van der Waals surface area contributed by atoms with E-state index in [2.05, 4.69) is 5.32 Å². The van der Waals surface area contributed by atoms with Crippen molar-refractivity contribution in [1.29, 1.82) is 0 Å². The highest BCUT2D eigenvalue weighted by Crippen LogP contribution is 1.96. The van der Waals surface area contributed by atoms with Gasteiger partial charge in [-0.1, -0.05) is 6.42 Å². The monoisotopic (exact) mass is 120 g/mol. The molecule has 0 saturated carbocycles. The Bertz CT molecular complexity index is 23.6. The van der Waals surface area contributed by atoms with Crippen LogP contribution in [0.4, 0.5) is 0 Å². The van der Waals surface area contributed by atoms with Crippen molar-refractivity contribution in [1.82, 2.24) is 5.32 Å². The van der Waals surface area contributed by atoms with E-state index in [9.17, 15) is 0 Å². The predicted octanol–water partition coefficient (Wildman–Crippen LogP) is -2.24. The zero-order chi connectivity index (χ0) is 4.24. The van der Waals surface area contributed by atoms with E-state index >= 15 is 0 Å². The lowest BCUT2D eigenvalue weighted by Crippen LogP contribution is -3.00. The summed E-state index contributed by atoms with van der Waals surface area (Å²) in [4.78, 5) is 0. The van der Waals surface area contributed by atoms with E-state index in [-0.39, 0.29) is 12.4 Å². The summed E-state index contributed by atoms with van der Waals surface area (Å²) in [5.74, 6) is 0. The topological polar surface area (TPSA) is 12.0 Å². The van der Waals surface area contributed by atoms with Crippen molar-refractivity contribution in [2.75, 3.05) is 13.1 Å². The highest BCUT2D eigenvalue weighted by atomic mass is 35.5. The maximum atomic E-state index is 3.28. The number of rotatable bonds is 0. The molecular formula is C5H11ClN-. The lowest BCUT2D eigenvalue weighted by atomic mass is 10.2. The summed E-state index contributed by atoms with van der Waals surface area (Å²) < 4.78 is 0. The van der Waals surface area contributed by atoms with Crippen LogP contribution in [0, 0.1) is 0 Å². The molecule has 0 aromatic rings. The molecule has 1 heterocycles. The van der Waals surface area contributed by atoms with E-state index in [0.29, 0.717) is 0 Å². The summed E-state index contributed by atoms with van der Waals surface area (Å²) in [5.41, 5.74) is 0. The molecule has 1 fully saturated rings. The zero-order valence-electron chi connectivity index (χ0n) is 4.41. The summed E-state index contributed by atoms with van der Waals surface area (Å²) in [7, 11) is 0. The largest absolute Gasteiger partial charge is 1.00 e. The highest BCUT2D eigenvalue weighted by molar-refractivity contribution is 4.55. The highest BCUT2D eigenvalue weighted by Gasteiger charge is 1.93. The van der Waals surface area contributed by atoms with Crippen LogP contribution in [-0.4, -0.2) is 13.1 Å². The first-order valence-electron chi connectivity index (χ1n) is 2.71. The molecule has 2 heteroatoms. The number of nitrogens with one attached hydrogen (secondary N) is 1. The van der Waals surface area contributed by atoms with Crippen LogP contribution in [0.15, 0.2) is 0 Å². The molecule has 1 nitrogen and oxygen atoms in total. The molecule has 0 aliphatic carbocycles. The van der Waals surface area contributed by atoms with Crippen LogP contribution < -0.4 is 17.7 Å². The molecule has 1 rings (SSSR count). The Balaban J connectivity index is 0.000000360. The first kappa shape index (κ1) is 7.25. The van der Waals surface area contributed by atoms with Crippen molar-refractivity contribution in [3.05, 3.63) is 0 Å². The van der Waals surface area contributed by atoms with E-state index < -0.39 is 0 Å². The quantitative estimate of drug-likeness (QED) is 0.382. The molecule has 1 aliphatic rings.